The van der Waals surface area contributed by atoms with Gasteiger partial charge in [-0.3, -0.25) is 4.79 Å². The van der Waals surface area contributed by atoms with Crippen LogP contribution in [0.25, 0.3) is 0 Å². The Morgan fingerprint density at radius 2 is 2.35 bits per heavy atom. The first-order chi connectivity index (χ1) is 8.11. The molecule has 1 atom stereocenters. The molecule has 7 heteroatoms. The number of rotatable bonds is 2. The number of aromatic nitrogens is 2. The maximum absolute atomic E-state index is 11.6. The van der Waals surface area contributed by atoms with Crippen molar-refractivity contribution in [2.24, 2.45) is 0 Å². The van der Waals surface area contributed by atoms with Crippen LogP contribution in [0.3, 0.4) is 0 Å². The molecule has 2 rings (SSSR count). The van der Waals surface area contributed by atoms with E-state index in [2.05, 4.69) is 20.6 Å². The first-order valence-corrected chi connectivity index (χ1v) is 5.48. The molecule has 92 valence electrons. The molecule has 1 aliphatic heterocycles. The minimum atomic E-state index is -0.247. The van der Waals surface area contributed by atoms with Crippen LogP contribution >= 0.6 is 0 Å². The Morgan fingerprint density at radius 1 is 1.59 bits per heavy atom. The Kier molecular flexibility index (Phi) is 2.99. The minimum Gasteiger partial charge on any atom is -0.373 e. The van der Waals surface area contributed by atoms with Crippen LogP contribution in [0, 0.1) is 0 Å². The number of hydrogen-bond donors (Lipinski definition) is 3. The number of anilines is 3. The quantitative estimate of drug-likeness (QED) is 0.636. The molecule has 7 nitrogen and oxygen atoms in total. The molecule has 0 radical (unpaired) electrons. The van der Waals surface area contributed by atoms with Crippen molar-refractivity contribution in [3.8, 4) is 0 Å². The fourth-order valence-corrected chi connectivity index (χ4v) is 1.82. The SMILES string of the molecule is CNc1cc(N2CCNC(=O)C2C)nc(N)n1. The fraction of sp³-hybridized carbons (Fsp3) is 0.500. The molecule has 1 aromatic heterocycles. The number of nitrogens with two attached hydrogens (primary N) is 1. The van der Waals surface area contributed by atoms with Gasteiger partial charge in [0, 0.05) is 26.2 Å². The Balaban J connectivity index is 2.32. The van der Waals surface area contributed by atoms with E-state index in [1.165, 1.54) is 0 Å². The standard InChI is InChI=1S/C10H16N6O/c1-6-9(17)13-3-4-16(6)8-5-7(12-2)14-10(11)15-8/h5-6H,3-4H2,1-2H3,(H,13,17)(H3,11,12,14,15). The van der Waals surface area contributed by atoms with E-state index in [1.807, 2.05) is 11.8 Å². The summed E-state index contributed by atoms with van der Waals surface area (Å²) in [5, 5.41) is 5.72. The molecule has 1 fully saturated rings. The first-order valence-electron chi connectivity index (χ1n) is 5.48. The molecule has 4 N–H and O–H groups in total. The Morgan fingerprint density at radius 3 is 3.06 bits per heavy atom. The van der Waals surface area contributed by atoms with Crippen molar-refractivity contribution in [1.82, 2.24) is 15.3 Å². The van der Waals surface area contributed by atoms with E-state index >= 15 is 0 Å². The Bertz CT molecular complexity index is 435. The average molecular weight is 236 g/mol. The highest BCUT2D eigenvalue weighted by atomic mass is 16.2. The monoisotopic (exact) mass is 236 g/mol. The summed E-state index contributed by atoms with van der Waals surface area (Å²) in [6.45, 7) is 3.17. The normalized spacial score (nSPS) is 20.0. The van der Waals surface area contributed by atoms with E-state index < -0.39 is 0 Å². The maximum Gasteiger partial charge on any atom is 0.242 e. The van der Waals surface area contributed by atoms with Crippen LogP contribution in [0.5, 0.6) is 0 Å². The van der Waals surface area contributed by atoms with Gasteiger partial charge in [0.25, 0.3) is 0 Å². The van der Waals surface area contributed by atoms with Crippen LogP contribution in [0.1, 0.15) is 6.92 Å². The number of piperazine rings is 1. The average Bonchev–Trinajstić information content (AvgIpc) is 2.31. The zero-order valence-electron chi connectivity index (χ0n) is 9.90. The highest BCUT2D eigenvalue weighted by Crippen LogP contribution is 2.20. The van der Waals surface area contributed by atoms with Crippen molar-refractivity contribution < 1.29 is 4.79 Å². The third kappa shape index (κ3) is 2.22. The van der Waals surface area contributed by atoms with E-state index in [0.29, 0.717) is 24.7 Å². The first kappa shape index (κ1) is 11.4. The second-order valence-electron chi connectivity index (χ2n) is 3.88. The summed E-state index contributed by atoms with van der Waals surface area (Å²) in [5.41, 5.74) is 5.63. The third-order valence-corrected chi connectivity index (χ3v) is 2.78. The van der Waals surface area contributed by atoms with E-state index in [4.69, 9.17) is 5.73 Å². The predicted molar refractivity (Wildman–Crippen MR) is 65.8 cm³/mol. The maximum atomic E-state index is 11.6. The summed E-state index contributed by atoms with van der Waals surface area (Å²) in [7, 11) is 1.76. The number of nitrogens with one attached hydrogen (secondary N) is 2. The smallest absolute Gasteiger partial charge is 0.242 e. The summed E-state index contributed by atoms with van der Waals surface area (Å²) in [6, 6.07) is 1.54. The van der Waals surface area contributed by atoms with Gasteiger partial charge in [0.05, 0.1) is 0 Å². The number of hydrogen-bond acceptors (Lipinski definition) is 6. The van der Waals surface area contributed by atoms with Gasteiger partial charge in [0.2, 0.25) is 11.9 Å². The molecule has 0 spiro atoms. The third-order valence-electron chi connectivity index (χ3n) is 2.78. The number of carbonyl (C=O) groups is 1. The van der Waals surface area contributed by atoms with Crippen molar-refractivity contribution in [2.75, 3.05) is 36.1 Å². The molecule has 0 saturated carbocycles. The van der Waals surface area contributed by atoms with Crippen LogP contribution in [-0.2, 0) is 4.79 Å². The van der Waals surface area contributed by atoms with Gasteiger partial charge < -0.3 is 21.3 Å². The molecular formula is C10H16N6O. The van der Waals surface area contributed by atoms with Crippen molar-refractivity contribution in [3.63, 3.8) is 0 Å². The van der Waals surface area contributed by atoms with Gasteiger partial charge in [-0.05, 0) is 6.92 Å². The van der Waals surface area contributed by atoms with Gasteiger partial charge in [-0.25, -0.2) is 0 Å². The van der Waals surface area contributed by atoms with Crippen LogP contribution in [-0.4, -0.2) is 42.1 Å². The largest absolute Gasteiger partial charge is 0.373 e. The van der Waals surface area contributed by atoms with Crippen molar-refractivity contribution in [2.45, 2.75) is 13.0 Å². The van der Waals surface area contributed by atoms with Crippen LogP contribution in [0.15, 0.2) is 6.07 Å². The Hall–Kier alpha value is -2.05. The van der Waals surface area contributed by atoms with E-state index in [1.54, 1.807) is 13.1 Å². The Labute approximate surface area is 99.4 Å². The molecule has 2 heterocycles. The second kappa shape index (κ2) is 4.44. The zero-order chi connectivity index (χ0) is 12.4. The molecule has 0 aliphatic carbocycles. The van der Waals surface area contributed by atoms with E-state index in [0.717, 1.165) is 0 Å². The lowest BCUT2D eigenvalue weighted by Gasteiger charge is -2.33. The van der Waals surface area contributed by atoms with Gasteiger partial charge in [-0.15, -0.1) is 0 Å². The predicted octanol–water partition coefficient (Wildman–Crippen LogP) is -0.575. The summed E-state index contributed by atoms with van der Waals surface area (Å²) in [6.07, 6.45) is 0. The molecule has 1 aromatic rings. The van der Waals surface area contributed by atoms with Gasteiger partial charge in [-0.1, -0.05) is 0 Å². The zero-order valence-corrected chi connectivity index (χ0v) is 9.90. The molecule has 17 heavy (non-hydrogen) atoms. The molecule has 0 aromatic carbocycles. The summed E-state index contributed by atoms with van der Waals surface area (Å²) >= 11 is 0. The van der Waals surface area contributed by atoms with Gasteiger partial charge >= 0.3 is 0 Å². The van der Waals surface area contributed by atoms with Crippen molar-refractivity contribution in [3.05, 3.63) is 6.07 Å². The number of nitrogens with zero attached hydrogens (tertiary/aromatic N) is 3. The van der Waals surface area contributed by atoms with Crippen LogP contribution in [0.4, 0.5) is 17.6 Å². The summed E-state index contributed by atoms with van der Waals surface area (Å²) in [5.74, 6) is 1.51. The van der Waals surface area contributed by atoms with Gasteiger partial charge in [0.1, 0.15) is 17.7 Å². The lowest BCUT2D eigenvalue weighted by Crippen LogP contribution is -2.54. The molecular weight excluding hydrogens is 220 g/mol. The van der Waals surface area contributed by atoms with Gasteiger partial charge in [-0.2, -0.15) is 9.97 Å². The molecule has 1 amide bonds. The van der Waals surface area contributed by atoms with Gasteiger partial charge in [0.15, 0.2) is 0 Å². The van der Waals surface area contributed by atoms with E-state index in [9.17, 15) is 4.79 Å². The number of nitrogen functional groups attached to an aromatic ring is 1. The topological polar surface area (TPSA) is 96.2 Å². The van der Waals surface area contributed by atoms with Crippen LogP contribution in [0.2, 0.25) is 0 Å². The lowest BCUT2D eigenvalue weighted by molar-refractivity contribution is -0.122. The number of amides is 1. The summed E-state index contributed by atoms with van der Waals surface area (Å²) in [4.78, 5) is 21.7. The minimum absolute atomic E-state index is 0.000517. The number of carbonyl (C=O) groups excluding carboxylic acids is 1. The van der Waals surface area contributed by atoms with E-state index in [-0.39, 0.29) is 17.9 Å². The second-order valence-corrected chi connectivity index (χ2v) is 3.88. The van der Waals surface area contributed by atoms with Crippen molar-refractivity contribution >= 4 is 23.5 Å². The molecule has 0 bridgehead atoms. The highest BCUT2D eigenvalue weighted by Gasteiger charge is 2.26. The molecule has 1 saturated heterocycles. The lowest BCUT2D eigenvalue weighted by atomic mass is 10.2. The summed E-state index contributed by atoms with van der Waals surface area (Å²) < 4.78 is 0. The molecule has 1 unspecified atom stereocenters. The van der Waals surface area contributed by atoms with Crippen molar-refractivity contribution in [1.29, 1.82) is 0 Å². The van der Waals surface area contributed by atoms with Crippen LogP contribution < -0.4 is 21.3 Å². The molecule has 1 aliphatic rings. The fourth-order valence-electron chi connectivity index (χ4n) is 1.82. The highest BCUT2D eigenvalue weighted by molar-refractivity contribution is 5.85.